The van der Waals surface area contributed by atoms with Crippen molar-refractivity contribution in [3.05, 3.63) is 41.6 Å². The van der Waals surface area contributed by atoms with Crippen LogP contribution in [-0.2, 0) is 19.8 Å². The number of benzene rings is 1. The second kappa shape index (κ2) is 8.38. The third-order valence-electron chi connectivity index (χ3n) is 3.28. The van der Waals surface area contributed by atoms with Gasteiger partial charge in [0.15, 0.2) is 5.82 Å². The second-order valence-corrected chi connectivity index (χ2v) is 7.23. The molecule has 0 saturated carbocycles. The summed E-state index contributed by atoms with van der Waals surface area (Å²) in [7, 11) is -1.52. The number of hydrogen-bond acceptors (Lipinski definition) is 6. The molecule has 6 nitrogen and oxygen atoms in total. The molecule has 130 valence electrons. The van der Waals surface area contributed by atoms with Gasteiger partial charge in [-0.25, -0.2) is 4.98 Å². The summed E-state index contributed by atoms with van der Waals surface area (Å²) in [5.41, 5.74) is 2.57. The zero-order valence-corrected chi connectivity index (χ0v) is 15.4. The molecule has 2 aromatic rings. The first kappa shape index (κ1) is 18.6. The van der Waals surface area contributed by atoms with Crippen molar-refractivity contribution in [2.24, 2.45) is 0 Å². The molecule has 0 aliphatic rings. The van der Waals surface area contributed by atoms with E-state index in [0.29, 0.717) is 24.9 Å². The maximum atomic E-state index is 12.6. The highest BCUT2D eigenvalue weighted by molar-refractivity contribution is 7.53. The van der Waals surface area contributed by atoms with Crippen LogP contribution in [0.4, 0.5) is 0 Å². The normalized spacial score (nSPS) is 11.5. The fourth-order valence-electron chi connectivity index (χ4n) is 2.28. The summed E-state index contributed by atoms with van der Waals surface area (Å²) in [6.45, 7) is 6.20. The predicted molar refractivity (Wildman–Crippen MR) is 93.3 cm³/mol. The van der Waals surface area contributed by atoms with Crippen LogP contribution in [-0.4, -0.2) is 30.3 Å². The van der Waals surface area contributed by atoms with Crippen LogP contribution in [0.25, 0.3) is 11.4 Å². The van der Waals surface area contributed by atoms with E-state index in [1.807, 2.05) is 31.2 Å². The topological polar surface area (TPSA) is 70.5 Å². The Morgan fingerprint density at radius 1 is 1.04 bits per heavy atom. The van der Waals surface area contributed by atoms with Gasteiger partial charge in [-0.3, -0.25) is 4.57 Å². The lowest BCUT2D eigenvalue weighted by Crippen LogP contribution is -1.99. The lowest BCUT2D eigenvalue weighted by Gasteiger charge is -2.17. The lowest BCUT2D eigenvalue weighted by atomic mass is 10.1. The molecule has 0 amide bonds. The van der Waals surface area contributed by atoms with Crippen molar-refractivity contribution < 1.29 is 18.3 Å². The Balaban J connectivity index is 2.21. The van der Waals surface area contributed by atoms with Crippen molar-refractivity contribution in [3.8, 4) is 17.3 Å². The Kier molecular flexibility index (Phi) is 6.49. The number of aromatic nitrogens is 2. The average molecular weight is 350 g/mol. The van der Waals surface area contributed by atoms with E-state index >= 15 is 0 Å². The van der Waals surface area contributed by atoms with Gasteiger partial charge in [0.25, 0.3) is 0 Å². The summed E-state index contributed by atoms with van der Waals surface area (Å²) >= 11 is 0. The molecular formula is C17H23N2O4P. The minimum absolute atomic E-state index is 0.243. The van der Waals surface area contributed by atoms with Gasteiger partial charge < -0.3 is 13.8 Å². The zero-order valence-electron chi connectivity index (χ0n) is 14.5. The minimum Gasteiger partial charge on any atom is -0.481 e. The van der Waals surface area contributed by atoms with Crippen LogP contribution in [0.1, 0.15) is 25.1 Å². The summed E-state index contributed by atoms with van der Waals surface area (Å²) in [6, 6.07) is 9.34. The number of methoxy groups -OCH3 is 1. The van der Waals surface area contributed by atoms with Crippen LogP contribution >= 0.6 is 7.60 Å². The molecule has 0 N–H and O–H groups in total. The summed E-state index contributed by atoms with van der Waals surface area (Å²) < 4.78 is 28.4. The van der Waals surface area contributed by atoms with Gasteiger partial charge in [0.1, 0.15) is 0 Å². The molecule has 7 heteroatoms. The predicted octanol–water partition coefficient (Wildman–Crippen LogP) is 4.23. The van der Waals surface area contributed by atoms with Gasteiger partial charge in [-0.05, 0) is 26.3 Å². The molecule has 0 aliphatic carbocycles. The first-order valence-electron chi connectivity index (χ1n) is 7.86. The van der Waals surface area contributed by atoms with E-state index in [-0.39, 0.29) is 6.16 Å². The molecule has 0 atom stereocenters. The van der Waals surface area contributed by atoms with Crippen LogP contribution < -0.4 is 4.74 Å². The van der Waals surface area contributed by atoms with Crippen molar-refractivity contribution in [1.82, 2.24) is 9.97 Å². The van der Waals surface area contributed by atoms with Crippen LogP contribution in [0, 0.1) is 6.92 Å². The fourth-order valence-corrected chi connectivity index (χ4v) is 3.98. The lowest BCUT2D eigenvalue weighted by molar-refractivity contribution is 0.219. The first-order valence-corrected chi connectivity index (χ1v) is 9.59. The van der Waals surface area contributed by atoms with Crippen LogP contribution in [0.2, 0.25) is 0 Å². The fraction of sp³-hybridized carbons (Fsp3) is 0.412. The minimum atomic E-state index is -3.10. The molecule has 24 heavy (non-hydrogen) atoms. The van der Waals surface area contributed by atoms with Crippen molar-refractivity contribution in [2.45, 2.75) is 26.9 Å². The third-order valence-corrected chi connectivity index (χ3v) is 5.34. The van der Waals surface area contributed by atoms with E-state index < -0.39 is 7.60 Å². The number of rotatable bonds is 8. The van der Waals surface area contributed by atoms with Crippen LogP contribution in [0.5, 0.6) is 5.88 Å². The van der Waals surface area contributed by atoms with E-state index in [0.717, 1.165) is 16.8 Å². The molecule has 0 aliphatic heterocycles. The third kappa shape index (κ3) is 4.87. The summed E-state index contributed by atoms with van der Waals surface area (Å²) in [5, 5.41) is 0. The largest absolute Gasteiger partial charge is 0.481 e. The molecule has 1 aromatic carbocycles. The molecule has 0 unspecified atom stereocenters. The Morgan fingerprint density at radius 3 is 2.21 bits per heavy atom. The zero-order chi connectivity index (χ0) is 17.6. The van der Waals surface area contributed by atoms with E-state index in [9.17, 15) is 4.57 Å². The SMILES string of the molecule is CCOP(=O)(Cc1ccc(-c2nc(C)cc(OC)n2)cc1)OCC. The molecule has 0 radical (unpaired) electrons. The second-order valence-electron chi connectivity index (χ2n) is 5.18. The van der Waals surface area contributed by atoms with E-state index in [1.165, 1.54) is 0 Å². The van der Waals surface area contributed by atoms with Gasteiger partial charge in [-0.2, -0.15) is 4.98 Å². The maximum absolute atomic E-state index is 12.6. The van der Waals surface area contributed by atoms with E-state index in [2.05, 4.69) is 9.97 Å². The number of hydrogen-bond donors (Lipinski definition) is 0. The molecule has 0 bridgehead atoms. The van der Waals surface area contributed by atoms with Gasteiger partial charge in [0.2, 0.25) is 5.88 Å². The molecule has 0 spiro atoms. The highest BCUT2D eigenvalue weighted by Gasteiger charge is 2.24. The van der Waals surface area contributed by atoms with Crippen molar-refractivity contribution >= 4 is 7.60 Å². The molecule has 1 heterocycles. The van der Waals surface area contributed by atoms with Crippen molar-refractivity contribution in [1.29, 1.82) is 0 Å². The number of ether oxygens (including phenoxy) is 1. The maximum Gasteiger partial charge on any atom is 0.335 e. The van der Waals surface area contributed by atoms with Gasteiger partial charge in [0, 0.05) is 17.3 Å². The molecule has 2 rings (SSSR count). The summed E-state index contributed by atoms with van der Waals surface area (Å²) in [4.78, 5) is 8.77. The van der Waals surface area contributed by atoms with Gasteiger partial charge in [-0.1, -0.05) is 24.3 Å². The Bertz CT molecular complexity index is 709. The Labute approximate surface area is 142 Å². The van der Waals surface area contributed by atoms with Crippen LogP contribution in [0.15, 0.2) is 30.3 Å². The Morgan fingerprint density at radius 2 is 1.67 bits per heavy atom. The standard InChI is InChI=1S/C17H23N2O4P/c1-5-22-24(20,23-6-2)12-14-7-9-15(10-8-14)17-18-13(3)11-16(19-17)21-4/h7-11H,5-6,12H2,1-4H3. The van der Waals surface area contributed by atoms with Crippen molar-refractivity contribution in [3.63, 3.8) is 0 Å². The summed E-state index contributed by atoms with van der Waals surface area (Å²) in [5.74, 6) is 1.12. The Hall–Kier alpha value is -1.75. The quantitative estimate of drug-likeness (QED) is 0.664. The molecule has 0 saturated heterocycles. The molecule has 1 aromatic heterocycles. The van der Waals surface area contributed by atoms with Crippen molar-refractivity contribution in [2.75, 3.05) is 20.3 Å². The van der Waals surface area contributed by atoms with E-state index in [1.54, 1.807) is 27.0 Å². The molecular weight excluding hydrogens is 327 g/mol. The van der Waals surface area contributed by atoms with Crippen LogP contribution in [0.3, 0.4) is 0 Å². The van der Waals surface area contributed by atoms with E-state index in [4.69, 9.17) is 13.8 Å². The monoisotopic (exact) mass is 350 g/mol. The number of nitrogens with zero attached hydrogens (tertiary/aromatic N) is 2. The number of aryl methyl sites for hydroxylation is 1. The summed E-state index contributed by atoms with van der Waals surface area (Å²) in [6.07, 6.45) is 0.243. The van der Waals surface area contributed by atoms with Gasteiger partial charge >= 0.3 is 7.60 Å². The first-order chi connectivity index (χ1) is 11.5. The van der Waals surface area contributed by atoms with Gasteiger partial charge in [-0.15, -0.1) is 0 Å². The van der Waals surface area contributed by atoms with Gasteiger partial charge in [0.05, 0.1) is 26.5 Å². The highest BCUT2D eigenvalue weighted by atomic mass is 31.2. The smallest absolute Gasteiger partial charge is 0.335 e. The molecule has 0 fully saturated rings. The average Bonchev–Trinajstić information content (AvgIpc) is 2.55. The highest BCUT2D eigenvalue weighted by Crippen LogP contribution is 2.51.